The lowest BCUT2D eigenvalue weighted by molar-refractivity contribution is -0.116. The van der Waals surface area contributed by atoms with Crippen LogP contribution in [0, 0.1) is 5.92 Å². The Morgan fingerprint density at radius 3 is 2.59 bits per heavy atom. The number of ether oxygens (including phenoxy) is 2. The van der Waals surface area contributed by atoms with Crippen molar-refractivity contribution < 1.29 is 24.2 Å². The Hall–Kier alpha value is -4.81. The van der Waals surface area contributed by atoms with Gasteiger partial charge in [0, 0.05) is 31.2 Å². The number of aromatic nitrogens is 4. The van der Waals surface area contributed by atoms with Crippen LogP contribution in [0.3, 0.4) is 0 Å². The number of aliphatic hydroxyl groups excluding tert-OH is 1. The number of rotatable bonds is 11. The molecule has 0 saturated carbocycles. The van der Waals surface area contributed by atoms with E-state index in [4.69, 9.17) is 9.47 Å². The van der Waals surface area contributed by atoms with Crippen molar-refractivity contribution in [2.45, 2.75) is 39.1 Å². The van der Waals surface area contributed by atoms with Gasteiger partial charge in [-0.05, 0) is 72.4 Å². The fourth-order valence-electron chi connectivity index (χ4n) is 5.09. The maximum absolute atomic E-state index is 13.7. The molecule has 0 spiro atoms. The number of fused-ring (bicyclic) bond motifs is 1. The zero-order valence-corrected chi connectivity index (χ0v) is 25.0. The molecule has 5 rings (SSSR count). The monoisotopic (exact) mass is 599 g/mol. The van der Waals surface area contributed by atoms with Gasteiger partial charge in [0.25, 0.3) is 5.91 Å². The molecule has 0 unspecified atom stereocenters. The number of hydrogen-bond acceptors (Lipinski definition) is 9. The number of nitrogens with zero attached hydrogens (tertiary/aromatic N) is 6. The first-order valence-electron chi connectivity index (χ1n) is 14.5. The van der Waals surface area contributed by atoms with Gasteiger partial charge in [0.05, 0.1) is 18.2 Å². The van der Waals surface area contributed by atoms with Crippen molar-refractivity contribution in [3.8, 4) is 17.2 Å². The van der Waals surface area contributed by atoms with E-state index in [0.717, 1.165) is 17.1 Å². The zero-order chi connectivity index (χ0) is 31.1. The lowest BCUT2D eigenvalue weighted by atomic mass is 9.99. The fraction of sp³-hybridized carbons (Fsp3) is 0.344. The molecule has 2 amide bonds. The number of amides is 2. The average molecular weight is 600 g/mol. The van der Waals surface area contributed by atoms with Gasteiger partial charge in [-0.25, -0.2) is 4.68 Å². The van der Waals surface area contributed by atoms with Crippen LogP contribution >= 0.6 is 0 Å². The number of hydrogen-bond donors (Lipinski definition) is 2. The highest BCUT2D eigenvalue weighted by Gasteiger charge is 2.33. The fourth-order valence-corrected chi connectivity index (χ4v) is 5.09. The van der Waals surface area contributed by atoms with Crippen molar-refractivity contribution in [1.29, 1.82) is 0 Å². The molecule has 1 aliphatic heterocycles. The molecule has 1 aliphatic rings. The van der Waals surface area contributed by atoms with Crippen molar-refractivity contribution in [2.24, 2.45) is 5.92 Å². The minimum atomic E-state index is -0.399. The van der Waals surface area contributed by atoms with Crippen molar-refractivity contribution in [2.75, 3.05) is 32.1 Å². The molecule has 12 heteroatoms. The van der Waals surface area contributed by atoms with Gasteiger partial charge in [-0.15, -0.1) is 5.10 Å². The van der Waals surface area contributed by atoms with Gasteiger partial charge in [0.2, 0.25) is 5.91 Å². The van der Waals surface area contributed by atoms with Gasteiger partial charge in [-0.1, -0.05) is 37.3 Å². The second-order valence-corrected chi connectivity index (χ2v) is 11.1. The van der Waals surface area contributed by atoms with E-state index in [2.05, 4.69) is 32.7 Å². The maximum atomic E-state index is 13.7. The number of likely N-dealkylation sites (N-methyl/N-ethyl adjacent to an activating group) is 1. The van der Waals surface area contributed by atoms with Gasteiger partial charge in [-0.2, -0.15) is 0 Å². The summed E-state index contributed by atoms with van der Waals surface area (Å²) in [6, 6.07) is 22.3. The van der Waals surface area contributed by atoms with Crippen LogP contribution in [-0.2, 0) is 17.9 Å². The second-order valence-electron chi connectivity index (χ2n) is 11.1. The molecule has 230 valence electrons. The first-order chi connectivity index (χ1) is 21.3. The van der Waals surface area contributed by atoms with E-state index < -0.39 is 6.04 Å². The summed E-state index contributed by atoms with van der Waals surface area (Å²) >= 11 is 0. The van der Waals surface area contributed by atoms with Crippen LogP contribution < -0.4 is 14.8 Å². The normalized spacial score (nSPS) is 17.3. The molecule has 2 heterocycles. The van der Waals surface area contributed by atoms with Crippen molar-refractivity contribution in [1.82, 2.24) is 30.0 Å². The smallest absolute Gasteiger partial charge is 0.258 e. The molecule has 0 fully saturated rings. The summed E-state index contributed by atoms with van der Waals surface area (Å²) in [7, 11) is 2.03. The summed E-state index contributed by atoms with van der Waals surface area (Å²) in [4.78, 5) is 30.1. The van der Waals surface area contributed by atoms with E-state index in [1.165, 1.54) is 11.0 Å². The standard InChI is InChI=1S/C32H37N7O5/c1-22-16-39(23(2)20-40)32(42)28-15-25(34-31(41)19-38-21-33-35-36-38)11-14-29(28)44-30(22)18-37(3)17-24-9-12-27(13-10-24)43-26-7-5-4-6-8-26/h4-15,21-23,30,40H,16-20H2,1-3H3,(H,34,41)/t22-,23-,30-/m0/s1. The van der Waals surface area contributed by atoms with Crippen molar-refractivity contribution in [3.63, 3.8) is 0 Å². The summed E-state index contributed by atoms with van der Waals surface area (Å²) in [6.45, 7) is 5.31. The molecule has 0 radical (unpaired) electrons. The van der Waals surface area contributed by atoms with E-state index in [9.17, 15) is 14.7 Å². The Labute approximate surface area is 256 Å². The summed E-state index contributed by atoms with van der Waals surface area (Å²) in [5, 5.41) is 23.5. The van der Waals surface area contributed by atoms with Crippen LogP contribution in [0.25, 0.3) is 0 Å². The molecular weight excluding hydrogens is 562 g/mol. The first-order valence-corrected chi connectivity index (χ1v) is 14.5. The maximum Gasteiger partial charge on any atom is 0.258 e. The molecule has 4 aromatic rings. The van der Waals surface area contributed by atoms with Gasteiger partial charge < -0.3 is 24.8 Å². The highest BCUT2D eigenvalue weighted by Crippen LogP contribution is 2.31. The summed E-state index contributed by atoms with van der Waals surface area (Å²) in [6.07, 6.45) is 1.10. The number of anilines is 1. The molecular formula is C32H37N7O5. The summed E-state index contributed by atoms with van der Waals surface area (Å²) in [5.41, 5.74) is 1.89. The number of carbonyl (C=O) groups excluding carboxylic acids is 2. The van der Waals surface area contributed by atoms with Crippen LogP contribution in [0.1, 0.15) is 29.8 Å². The molecule has 44 heavy (non-hydrogen) atoms. The topological polar surface area (TPSA) is 135 Å². The van der Waals surface area contributed by atoms with Crippen LogP contribution in [0.4, 0.5) is 5.69 Å². The third-order valence-corrected chi connectivity index (χ3v) is 7.49. The van der Waals surface area contributed by atoms with Gasteiger partial charge in [0.1, 0.15) is 36.2 Å². The van der Waals surface area contributed by atoms with Crippen LogP contribution in [0.15, 0.2) is 79.1 Å². The SMILES string of the molecule is C[C@H]1CN([C@@H](C)CO)C(=O)c2cc(NC(=O)Cn3cnnn3)ccc2O[C@H]1CN(C)Cc1ccc(Oc2ccccc2)cc1. The van der Waals surface area contributed by atoms with E-state index in [1.54, 1.807) is 23.1 Å². The number of tetrazole rings is 1. The predicted octanol–water partition coefficient (Wildman–Crippen LogP) is 3.46. The van der Waals surface area contributed by atoms with Crippen LogP contribution in [0.2, 0.25) is 0 Å². The van der Waals surface area contributed by atoms with Crippen molar-refractivity contribution in [3.05, 3.63) is 90.3 Å². The predicted molar refractivity (Wildman–Crippen MR) is 163 cm³/mol. The third-order valence-electron chi connectivity index (χ3n) is 7.49. The highest BCUT2D eigenvalue weighted by atomic mass is 16.5. The Balaban J connectivity index is 1.29. The molecule has 0 aliphatic carbocycles. The van der Waals surface area contributed by atoms with Crippen LogP contribution in [-0.4, -0.2) is 85.8 Å². The van der Waals surface area contributed by atoms with E-state index in [0.29, 0.717) is 36.6 Å². The molecule has 0 bridgehead atoms. The number of benzene rings is 3. The lowest BCUT2D eigenvalue weighted by Gasteiger charge is -2.38. The largest absolute Gasteiger partial charge is 0.488 e. The van der Waals surface area contributed by atoms with E-state index >= 15 is 0 Å². The number of para-hydroxylation sites is 1. The Morgan fingerprint density at radius 2 is 1.89 bits per heavy atom. The zero-order valence-electron chi connectivity index (χ0n) is 25.0. The highest BCUT2D eigenvalue weighted by molar-refractivity contribution is 5.99. The number of carbonyl (C=O) groups is 2. The molecule has 1 aromatic heterocycles. The number of aliphatic hydroxyl groups is 1. The molecule has 3 aromatic carbocycles. The minimum absolute atomic E-state index is 0.0270. The quantitative estimate of drug-likeness (QED) is 0.266. The Kier molecular flexibility index (Phi) is 9.82. The third kappa shape index (κ3) is 7.77. The Morgan fingerprint density at radius 1 is 1.14 bits per heavy atom. The van der Waals surface area contributed by atoms with Crippen LogP contribution in [0.5, 0.6) is 17.2 Å². The van der Waals surface area contributed by atoms with E-state index in [-0.39, 0.29) is 37.0 Å². The van der Waals surface area contributed by atoms with Gasteiger partial charge in [0.15, 0.2) is 0 Å². The second kappa shape index (κ2) is 14.1. The number of nitrogens with one attached hydrogen (secondary N) is 1. The molecule has 3 atom stereocenters. The molecule has 2 N–H and O–H groups in total. The van der Waals surface area contributed by atoms with E-state index in [1.807, 2.05) is 68.6 Å². The summed E-state index contributed by atoms with van der Waals surface area (Å²) in [5.74, 6) is 1.34. The summed E-state index contributed by atoms with van der Waals surface area (Å²) < 4.78 is 13.7. The molecule has 0 saturated heterocycles. The minimum Gasteiger partial charge on any atom is -0.488 e. The molecule has 12 nitrogen and oxygen atoms in total. The lowest BCUT2D eigenvalue weighted by Crippen LogP contribution is -2.49. The van der Waals surface area contributed by atoms with Gasteiger partial charge >= 0.3 is 0 Å². The Bertz CT molecular complexity index is 1530. The average Bonchev–Trinajstić information content (AvgIpc) is 3.53. The first kappa shape index (κ1) is 30.6. The van der Waals surface area contributed by atoms with Crippen molar-refractivity contribution >= 4 is 17.5 Å². The van der Waals surface area contributed by atoms with Gasteiger partial charge in [-0.3, -0.25) is 14.5 Å².